The van der Waals surface area contributed by atoms with Gasteiger partial charge in [-0.3, -0.25) is 10.1 Å². The van der Waals surface area contributed by atoms with Crippen molar-refractivity contribution >= 4 is 11.5 Å². The summed E-state index contributed by atoms with van der Waals surface area (Å²) in [5.74, 6) is 0.641. The minimum atomic E-state index is -0.449. The number of nitrogens with zero attached hydrogens (tertiary/aromatic N) is 3. The Hall–Kier alpha value is -3.15. The highest BCUT2D eigenvalue weighted by molar-refractivity contribution is 5.42. The molecule has 0 unspecified atom stereocenters. The summed E-state index contributed by atoms with van der Waals surface area (Å²) >= 11 is 0. The summed E-state index contributed by atoms with van der Waals surface area (Å²) < 4.78 is 2.25. The van der Waals surface area contributed by atoms with E-state index in [0.29, 0.717) is 12.4 Å². The van der Waals surface area contributed by atoms with Crippen LogP contribution in [-0.2, 0) is 6.42 Å². The molecule has 6 heteroatoms. The maximum absolute atomic E-state index is 10.6. The molecular formula is C19H20N4O2. The number of para-hydroxylation sites is 1. The largest absolute Gasteiger partial charge is 0.370 e. The normalized spacial score (nSPS) is 10.6. The van der Waals surface area contributed by atoms with Crippen LogP contribution in [0.25, 0.3) is 5.69 Å². The minimum absolute atomic E-state index is 0.00282. The molecule has 25 heavy (non-hydrogen) atoms. The first kappa shape index (κ1) is 16.7. The van der Waals surface area contributed by atoms with Gasteiger partial charge in [0.15, 0.2) is 0 Å². The molecule has 128 valence electrons. The lowest BCUT2D eigenvalue weighted by atomic mass is 10.2. The van der Waals surface area contributed by atoms with E-state index >= 15 is 0 Å². The van der Waals surface area contributed by atoms with E-state index < -0.39 is 4.92 Å². The molecule has 1 aromatic carbocycles. The number of rotatable bonds is 6. The molecule has 0 aliphatic heterocycles. The van der Waals surface area contributed by atoms with Crippen LogP contribution in [-0.4, -0.2) is 21.0 Å². The molecule has 6 nitrogen and oxygen atoms in total. The molecule has 0 aliphatic carbocycles. The van der Waals surface area contributed by atoms with Crippen LogP contribution in [0.4, 0.5) is 11.5 Å². The lowest BCUT2D eigenvalue weighted by molar-refractivity contribution is -0.385. The highest BCUT2D eigenvalue weighted by atomic mass is 16.6. The van der Waals surface area contributed by atoms with E-state index in [4.69, 9.17) is 0 Å². The lowest BCUT2D eigenvalue weighted by Crippen LogP contribution is -2.07. The van der Waals surface area contributed by atoms with E-state index in [1.165, 1.54) is 29.2 Å². The van der Waals surface area contributed by atoms with Gasteiger partial charge >= 0.3 is 0 Å². The molecule has 0 radical (unpaired) electrons. The summed E-state index contributed by atoms with van der Waals surface area (Å²) in [6, 6.07) is 15.6. The Morgan fingerprint density at radius 2 is 1.92 bits per heavy atom. The van der Waals surface area contributed by atoms with Crippen LogP contribution in [0.1, 0.15) is 17.0 Å². The second-order valence-electron chi connectivity index (χ2n) is 5.90. The van der Waals surface area contributed by atoms with E-state index in [-0.39, 0.29) is 5.69 Å². The van der Waals surface area contributed by atoms with Crippen molar-refractivity contribution in [1.82, 2.24) is 9.55 Å². The van der Waals surface area contributed by atoms with Crippen molar-refractivity contribution < 1.29 is 4.92 Å². The van der Waals surface area contributed by atoms with Crippen molar-refractivity contribution in [1.29, 1.82) is 0 Å². The zero-order valence-corrected chi connectivity index (χ0v) is 14.3. The highest BCUT2D eigenvalue weighted by Gasteiger charge is 2.10. The van der Waals surface area contributed by atoms with Gasteiger partial charge in [0.2, 0.25) is 0 Å². The van der Waals surface area contributed by atoms with Crippen LogP contribution in [0.5, 0.6) is 0 Å². The van der Waals surface area contributed by atoms with Crippen LogP contribution in [0.15, 0.2) is 54.7 Å². The van der Waals surface area contributed by atoms with Gasteiger partial charge in [-0.05, 0) is 50.1 Å². The van der Waals surface area contributed by atoms with Gasteiger partial charge in [-0.2, -0.15) is 0 Å². The molecule has 0 amide bonds. The number of nitro groups is 1. The number of pyridine rings is 1. The van der Waals surface area contributed by atoms with Gasteiger partial charge in [0.05, 0.1) is 4.92 Å². The van der Waals surface area contributed by atoms with Crippen molar-refractivity contribution in [2.45, 2.75) is 20.3 Å². The summed E-state index contributed by atoms with van der Waals surface area (Å²) in [5.41, 5.74) is 4.86. The van der Waals surface area contributed by atoms with E-state index in [2.05, 4.69) is 46.9 Å². The Bertz CT molecular complexity index is 870. The fraction of sp³-hybridized carbons (Fsp3) is 0.211. The predicted octanol–water partition coefficient (Wildman–Crippen LogP) is 4.05. The first-order chi connectivity index (χ1) is 12.1. The average Bonchev–Trinajstić information content (AvgIpc) is 2.90. The average molecular weight is 336 g/mol. The summed E-state index contributed by atoms with van der Waals surface area (Å²) in [6.07, 6.45) is 2.12. The van der Waals surface area contributed by atoms with E-state index in [1.54, 1.807) is 6.07 Å². The van der Waals surface area contributed by atoms with Crippen LogP contribution < -0.4 is 5.32 Å². The molecule has 3 aromatic rings. The third-order valence-electron chi connectivity index (χ3n) is 4.21. The predicted molar refractivity (Wildman–Crippen MR) is 98.3 cm³/mol. The molecule has 0 fully saturated rings. The molecule has 0 saturated carbocycles. The Morgan fingerprint density at radius 3 is 2.56 bits per heavy atom. The smallest absolute Gasteiger partial charge is 0.287 e. The number of aryl methyl sites for hydroxylation is 1. The fourth-order valence-corrected chi connectivity index (χ4v) is 2.98. The topological polar surface area (TPSA) is 73.0 Å². The van der Waals surface area contributed by atoms with Crippen molar-refractivity contribution in [3.05, 3.63) is 81.8 Å². The van der Waals surface area contributed by atoms with Crippen LogP contribution in [0.2, 0.25) is 0 Å². The summed E-state index contributed by atoms with van der Waals surface area (Å²) in [6.45, 7) is 4.94. The quantitative estimate of drug-likeness (QED) is 0.544. The van der Waals surface area contributed by atoms with Gasteiger partial charge in [-0.25, -0.2) is 4.98 Å². The standard InChI is InChI=1S/C19H20N4O2/c1-14-12-16(15(2)22(14)17-6-4-3-5-7-17)10-11-20-19-9-8-18(13-21-19)23(24)25/h3-9,12-13H,10-11H2,1-2H3,(H,20,21). The van der Waals surface area contributed by atoms with Gasteiger partial charge < -0.3 is 9.88 Å². The molecular weight excluding hydrogens is 316 g/mol. The molecule has 0 bridgehead atoms. The summed E-state index contributed by atoms with van der Waals surface area (Å²) in [5, 5.41) is 13.9. The number of anilines is 1. The Morgan fingerprint density at radius 1 is 1.16 bits per heavy atom. The molecule has 0 aliphatic rings. The van der Waals surface area contributed by atoms with Crippen molar-refractivity contribution in [3.8, 4) is 5.69 Å². The number of hydrogen-bond donors (Lipinski definition) is 1. The monoisotopic (exact) mass is 336 g/mol. The van der Waals surface area contributed by atoms with E-state index in [1.807, 2.05) is 18.2 Å². The van der Waals surface area contributed by atoms with Crippen molar-refractivity contribution in [2.24, 2.45) is 0 Å². The van der Waals surface area contributed by atoms with E-state index in [0.717, 1.165) is 12.1 Å². The molecule has 0 spiro atoms. The second-order valence-corrected chi connectivity index (χ2v) is 5.90. The Balaban J connectivity index is 1.67. The first-order valence-corrected chi connectivity index (χ1v) is 8.14. The lowest BCUT2D eigenvalue weighted by Gasteiger charge is -2.10. The maximum Gasteiger partial charge on any atom is 0.287 e. The zero-order valence-electron chi connectivity index (χ0n) is 14.3. The Labute approximate surface area is 146 Å². The number of nitrogens with one attached hydrogen (secondary N) is 1. The van der Waals surface area contributed by atoms with Crippen LogP contribution in [0, 0.1) is 24.0 Å². The van der Waals surface area contributed by atoms with Gasteiger partial charge in [-0.15, -0.1) is 0 Å². The summed E-state index contributed by atoms with van der Waals surface area (Å²) in [7, 11) is 0. The second kappa shape index (κ2) is 7.17. The number of benzene rings is 1. The van der Waals surface area contributed by atoms with Crippen LogP contribution in [0.3, 0.4) is 0 Å². The van der Waals surface area contributed by atoms with Gasteiger partial charge in [0.1, 0.15) is 12.0 Å². The van der Waals surface area contributed by atoms with Crippen molar-refractivity contribution in [2.75, 3.05) is 11.9 Å². The molecule has 0 atom stereocenters. The minimum Gasteiger partial charge on any atom is -0.370 e. The maximum atomic E-state index is 10.6. The third-order valence-corrected chi connectivity index (χ3v) is 4.21. The molecule has 3 rings (SSSR count). The van der Waals surface area contributed by atoms with Crippen LogP contribution >= 0.6 is 0 Å². The highest BCUT2D eigenvalue weighted by Crippen LogP contribution is 2.21. The number of hydrogen-bond acceptors (Lipinski definition) is 4. The van der Waals surface area contributed by atoms with Crippen molar-refractivity contribution in [3.63, 3.8) is 0 Å². The molecule has 2 aromatic heterocycles. The Kier molecular flexibility index (Phi) is 4.79. The number of aromatic nitrogens is 2. The van der Waals surface area contributed by atoms with Gasteiger partial charge in [0, 0.05) is 29.7 Å². The SMILES string of the molecule is Cc1cc(CCNc2ccc([N+](=O)[O-])cn2)c(C)n1-c1ccccc1. The summed E-state index contributed by atoms with van der Waals surface area (Å²) in [4.78, 5) is 14.3. The molecule has 0 saturated heterocycles. The fourth-order valence-electron chi connectivity index (χ4n) is 2.98. The first-order valence-electron chi connectivity index (χ1n) is 8.14. The van der Waals surface area contributed by atoms with E-state index in [9.17, 15) is 10.1 Å². The zero-order chi connectivity index (χ0) is 17.8. The molecule has 2 heterocycles. The van der Waals surface area contributed by atoms with Gasteiger partial charge in [-0.1, -0.05) is 18.2 Å². The van der Waals surface area contributed by atoms with Gasteiger partial charge in [0.25, 0.3) is 5.69 Å². The molecule has 1 N–H and O–H groups in total. The third kappa shape index (κ3) is 3.68.